The quantitative estimate of drug-likeness (QED) is 0.242. The second-order valence-corrected chi connectivity index (χ2v) is 10.5. The fourth-order valence-corrected chi connectivity index (χ4v) is 5.52. The fraction of sp³-hybridized carbons (Fsp3) is 0.235. The van der Waals surface area contributed by atoms with E-state index < -0.39 is 11.9 Å². The van der Waals surface area contributed by atoms with E-state index in [0.717, 1.165) is 44.7 Å². The van der Waals surface area contributed by atoms with E-state index in [9.17, 15) is 19.8 Å². The Labute approximate surface area is 260 Å². The molecule has 8 bridgehead atoms. The van der Waals surface area contributed by atoms with Crippen LogP contribution in [0.4, 0.5) is 0 Å². The van der Waals surface area contributed by atoms with Gasteiger partial charge in [-0.05, 0) is 63.3 Å². The maximum Gasteiger partial charge on any atom is 2.00 e. The molecule has 3 aromatic rings. The van der Waals surface area contributed by atoms with Crippen LogP contribution in [0.3, 0.4) is 0 Å². The van der Waals surface area contributed by atoms with Gasteiger partial charge < -0.3 is 20.2 Å². The summed E-state index contributed by atoms with van der Waals surface area (Å²) in [7, 11) is 0. The van der Waals surface area contributed by atoms with Crippen LogP contribution in [0.2, 0.25) is 0 Å². The number of terminal acetylenes is 1. The number of aryl methyl sites for hydroxylation is 3. The number of hydrogen-bond acceptors (Lipinski definition) is 4. The Morgan fingerprint density at radius 3 is 2.00 bits per heavy atom. The molecule has 5 heterocycles. The summed E-state index contributed by atoms with van der Waals surface area (Å²) in [6.45, 7) is 11.7. The van der Waals surface area contributed by atoms with Crippen molar-refractivity contribution in [3.8, 4) is 12.3 Å². The minimum absolute atomic E-state index is 0. The summed E-state index contributed by atoms with van der Waals surface area (Å²) >= 11 is 0. The van der Waals surface area contributed by atoms with Crippen LogP contribution in [0.1, 0.15) is 78.1 Å². The molecule has 0 atom stereocenters. The molecule has 0 saturated heterocycles. The summed E-state index contributed by atoms with van der Waals surface area (Å²) in [6.07, 6.45) is 8.13. The van der Waals surface area contributed by atoms with Crippen LogP contribution in [0.5, 0.6) is 0 Å². The predicted molar refractivity (Wildman–Crippen MR) is 164 cm³/mol. The Hall–Kier alpha value is -4.64. The van der Waals surface area contributed by atoms with Crippen molar-refractivity contribution in [1.29, 1.82) is 0 Å². The van der Waals surface area contributed by atoms with E-state index in [0.29, 0.717) is 44.7 Å². The molecule has 0 spiro atoms. The maximum atomic E-state index is 11.5. The predicted octanol–water partition coefficient (Wildman–Crippen LogP) is 6.10. The number of aromatic nitrogens is 4. The molecule has 3 aromatic heterocycles. The van der Waals surface area contributed by atoms with Gasteiger partial charge in [0.25, 0.3) is 0 Å². The number of aliphatic carboxylic acids is 2. The standard InChI is InChI=1S/C34H32N4O4.Fe/c1-7-21-17(3)25-13-26-19(5)23(9-11-33(39)40)31(37-26)16-32-24(10-12-34(41)42)20(6)28(38-32)15-30-22(8-2)18(4)27(36-30)14-29(21)35-25;/h2,7,13-16H,1,9-12H2,3-6H3,(H4,35,36,37,38,39,40,41,42);/q;+2/p-2. The summed E-state index contributed by atoms with van der Waals surface area (Å²) < 4.78 is 0. The molecule has 0 aromatic carbocycles. The van der Waals surface area contributed by atoms with Gasteiger partial charge in [-0.1, -0.05) is 53.5 Å². The van der Waals surface area contributed by atoms with Crippen LogP contribution in [0, 0.1) is 26.2 Å². The summed E-state index contributed by atoms with van der Waals surface area (Å²) in [5.41, 5.74) is 11.8. The number of hydrogen-bond donors (Lipinski definition) is 2. The minimum atomic E-state index is -0.912. The van der Waals surface area contributed by atoms with Gasteiger partial charge in [0, 0.05) is 24.0 Å². The molecule has 5 rings (SSSR count). The number of nitrogens with zero attached hydrogens (tertiary/aromatic N) is 4. The Morgan fingerprint density at radius 2 is 1.35 bits per heavy atom. The van der Waals surface area contributed by atoms with Crippen molar-refractivity contribution in [2.45, 2.75) is 53.4 Å². The van der Waals surface area contributed by atoms with Crippen LogP contribution in [-0.2, 0) is 33.1 Å². The van der Waals surface area contributed by atoms with Crippen LogP contribution in [-0.4, -0.2) is 32.1 Å². The zero-order valence-electron chi connectivity index (χ0n) is 24.4. The van der Waals surface area contributed by atoms with Gasteiger partial charge in [-0.3, -0.25) is 9.59 Å². The van der Waals surface area contributed by atoms with Crippen molar-refractivity contribution in [2.24, 2.45) is 0 Å². The smallest absolute Gasteiger partial charge is 0.657 e. The molecule has 0 saturated carbocycles. The van der Waals surface area contributed by atoms with E-state index in [4.69, 9.17) is 26.4 Å². The van der Waals surface area contributed by atoms with Crippen molar-refractivity contribution in [3.63, 3.8) is 0 Å². The molecule has 0 unspecified atom stereocenters. The average molecular weight is 614 g/mol. The van der Waals surface area contributed by atoms with Gasteiger partial charge in [0.05, 0.1) is 22.8 Å². The van der Waals surface area contributed by atoms with Crippen molar-refractivity contribution < 1.29 is 36.9 Å². The van der Waals surface area contributed by atoms with E-state index in [1.165, 1.54) is 0 Å². The van der Waals surface area contributed by atoms with Gasteiger partial charge in [-0.25, -0.2) is 9.97 Å². The van der Waals surface area contributed by atoms with Crippen LogP contribution >= 0.6 is 0 Å². The van der Waals surface area contributed by atoms with Crippen molar-refractivity contribution in [3.05, 3.63) is 81.9 Å². The van der Waals surface area contributed by atoms with Crippen LogP contribution in [0.15, 0.2) is 36.9 Å². The third-order valence-corrected chi connectivity index (χ3v) is 7.96. The van der Waals surface area contributed by atoms with Gasteiger partial charge in [0.1, 0.15) is 0 Å². The molecule has 43 heavy (non-hydrogen) atoms. The molecule has 9 heteroatoms. The van der Waals surface area contributed by atoms with Gasteiger partial charge >= 0.3 is 29.0 Å². The maximum absolute atomic E-state index is 11.5. The van der Waals surface area contributed by atoms with Gasteiger partial charge in [-0.15, -0.1) is 28.5 Å². The number of rotatable bonds is 7. The SMILES string of the molecule is C#Cc1c(C)c2cc3nc(cc4[n-]c(cc5nc(cc1[n-]2)C(C)=C5CCC(=O)O)c(CCC(=O)O)c4C)C(C)=C3C=C.[Fe+2]. The molecule has 0 radical (unpaired) electrons. The molecule has 218 valence electrons. The fourth-order valence-electron chi connectivity index (χ4n) is 5.52. The van der Waals surface area contributed by atoms with Crippen molar-refractivity contribution >= 4 is 56.3 Å². The van der Waals surface area contributed by atoms with E-state index >= 15 is 0 Å². The van der Waals surface area contributed by atoms with E-state index in [-0.39, 0.29) is 42.8 Å². The van der Waals surface area contributed by atoms with E-state index in [2.05, 4.69) is 12.5 Å². The zero-order valence-corrected chi connectivity index (χ0v) is 25.5. The van der Waals surface area contributed by atoms with Crippen LogP contribution < -0.4 is 9.97 Å². The number of carboxylic acid groups (broad SMARTS) is 2. The second kappa shape index (κ2) is 12.3. The molecule has 8 nitrogen and oxygen atoms in total. The number of allylic oxidation sites excluding steroid dienone is 5. The Morgan fingerprint density at radius 1 is 0.814 bits per heavy atom. The minimum Gasteiger partial charge on any atom is -0.657 e. The normalized spacial score (nSPS) is 12.6. The molecular weight excluding hydrogens is 584 g/mol. The first-order valence-electron chi connectivity index (χ1n) is 13.6. The largest absolute Gasteiger partial charge is 2.00 e. The van der Waals surface area contributed by atoms with Gasteiger partial charge in [0.2, 0.25) is 0 Å². The summed E-state index contributed by atoms with van der Waals surface area (Å²) in [5.74, 6) is 0.951. The Bertz CT molecular complexity index is 1970. The topological polar surface area (TPSA) is 129 Å². The summed E-state index contributed by atoms with van der Waals surface area (Å²) in [4.78, 5) is 42.6. The third-order valence-electron chi connectivity index (χ3n) is 7.96. The molecule has 0 amide bonds. The zero-order chi connectivity index (χ0) is 30.3. The number of carboxylic acids is 2. The molecule has 0 fully saturated rings. The Balaban J connectivity index is 0.00000423. The summed E-state index contributed by atoms with van der Waals surface area (Å²) in [6, 6.07) is 7.46. The van der Waals surface area contributed by atoms with Crippen molar-refractivity contribution in [2.75, 3.05) is 0 Å². The molecule has 2 aliphatic heterocycles. The van der Waals surface area contributed by atoms with Gasteiger partial charge in [0.15, 0.2) is 0 Å². The summed E-state index contributed by atoms with van der Waals surface area (Å²) in [5, 5.41) is 18.9. The second-order valence-electron chi connectivity index (χ2n) is 10.5. The third kappa shape index (κ3) is 5.85. The first kappa shape index (κ1) is 31.3. The molecule has 2 aliphatic rings. The number of fused-ring (bicyclic) bond motifs is 8. The first-order chi connectivity index (χ1) is 20.0. The monoisotopic (exact) mass is 614 g/mol. The molecule has 0 aliphatic carbocycles. The van der Waals surface area contributed by atoms with Crippen molar-refractivity contribution in [1.82, 2.24) is 19.9 Å². The van der Waals surface area contributed by atoms with Crippen LogP contribution in [0.25, 0.3) is 44.4 Å². The van der Waals surface area contributed by atoms with E-state index in [1.807, 2.05) is 52.0 Å². The molecular formula is C34H30FeN4O4. The Kier molecular flexibility index (Phi) is 8.96. The average Bonchev–Trinajstić information content (AvgIpc) is 3.59. The van der Waals surface area contributed by atoms with E-state index in [1.54, 1.807) is 6.08 Å². The van der Waals surface area contributed by atoms with Gasteiger partial charge in [-0.2, -0.15) is 0 Å². The first-order valence-corrected chi connectivity index (χ1v) is 13.6. The number of carbonyl (C=O) groups is 2. The molecule has 2 N–H and O–H groups in total.